The summed E-state index contributed by atoms with van der Waals surface area (Å²) >= 11 is 0. The summed E-state index contributed by atoms with van der Waals surface area (Å²) in [4.78, 5) is 19.7. The molecule has 0 spiro atoms. The Morgan fingerprint density at radius 2 is 1.96 bits per heavy atom. The van der Waals surface area contributed by atoms with Gasteiger partial charge in [0.1, 0.15) is 18.5 Å². The van der Waals surface area contributed by atoms with Gasteiger partial charge >= 0.3 is 0 Å². The number of rotatable bonds is 5. The minimum Gasteiger partial charge on any atom is -0.486 e. The van der Waals surface area contributed by atoms with Gasteiger partial charge in [-0.1, -0.05) is 24.3 Å². The topological polar surface area (TPSA) is 76.2 Å². The maximum absolute atomic E-state index is 12.1. The summed E-state index contributed by atoms with van der Waals surface area (Å²) in [7, 11) is 0. The number of H-pyrrole nitrogens is 1. The van der Waals surface area contributed by atoms with Crippen LogP contribution in [-0.2, 0) is 11.2 Å². The molecule has 0 bridgehead atoms. The predicted octanol–water partition coefficient (Wildman–Crippen LogP) is 2.45. The molecule has 2 aromatic carbocycles. The molecule has 0 saturated carbocycles. The third-order valence-electron chi connectivity index (χ3n) is 4.12. The van der Waals surface area contributed by atoms with Gasteiger partial charge in [0.2, 0.25) is 5.91 Å². The summed E-state index contributed by atoms with van der Waals surface area (Å²) in [5.74, 6) is 2.14. The molecule has 0 radical (unpaired) electrons. The van der Waals surface area contributed by atoms with E-state index >= 15 is 0 Å². The molecule has 1 atom stereocenters. The first-order valence-corrected chi connectivity index (χ1v) is 8.37. The first-order valence-electron chi connectivity index (χ1n) is 8.37. The van der Waals surface area contributed by atoms with Gasteiger partial charge in [-0.2, -0.15) is 0 Å². The number of carbonyl (C=O) groups excluding carboxylic acids is 1. The van der Waals surface area contributed by atoms with Crippen LogP contribution in [0.1, 0.15) is 12.2 Å². The minimum absolute atomic E-state index is 0.0543. The van der Waals surface area contributed by atoms with Gasteiger partial charge in [0, 0.05) is 13.0 Å². The molecular weight excluding hydrogens is 318 g/mol. The van der Waals surface area contributed by atoms with Crippen molar-refractivity contribution in [3.63, 3.8) is 0 Å². The molecule has 1 aliphatic rings. The van der Waals surface area contributed by atoms with E-state index in [0.717, 1.165) is 22.5 Å². The number of nitrogens with zero attached hydrogens (tertiary/aromatic N) is 1. The van der Waals surface area contributed by atoms with Gasteiger partial charge in [0.25, 0.3) is 0 Å². The van der Waals surface area contributed by atoms with E-state index in [1.54, 1.807) is 0 Å². The normalized spacial score (nSPS) is 15.9. The van der Waals surface area contributed by atoms with E-state index in [0.29, 0.717) is 25.4 Å². The van der Waals surface area contributed by atoms with E-state index in [-0.39, 0.29) is 18.4 Å². The van der Waals surface area contributed by atoms with E-state index in [9.17, 15) is 4.79 Å². The van der Waals surface area contributed by atoms with Crippen LogP contribution >= 0.6 is 0 Å². The molecule has 25 heavy (non-hydrogen) atoms. The number of ether oxygens (including phenoxy) is 2. The van der Waals surface area contributed by atoms with Crippen molar-refractivity contribution in [1.82, 2.24) is 15.3 Å². The molecule has 0 aliphatic carbocycles. The van der Waals surface area contributed by atoms with Crippen LogP contribution < -0.4 is 14.8 Å². The second kappa shape index (κ2) is 6.84. The van der Waals surface area contributed by atoms with Gasteiger partial charge in [-0.3, -0.25) is 4.79 Å². The fourth-order valence-corrected chi connectivity index (χ4v) is 2.88. The van der Waals surface area contributed by atoms with Crippen LogP contribution in [-0.4, -0.2) is 35.1 Å². The Balaban J connectivity index is 1.25. The molecule has 6 heteroatoms. The minimum atomic E-state index is -0.0591. The standard InChI is InChI=1S/C19H19N3O3/c23-19(11-18-21-14-5-1-2-6-15(14)22-18)20-10-9-13-12-24-16-7-3-4-8-17(16)25-13/h1-8,13H,9-12H2,(H,20,23)(H,21,22)/t13-/m1/s1. The van der Waals surface area contributed by atoms with Crippen LogP contribution in [0.4, 0.5) is 0 Å². The number of amides is 1. The van der Waals surface area contributed by atoms with Crippen molar-refractivity contribution < 1.29 is 14.3 Å². The zero-order valence-electron chi connectivity index (χ0n) is 13.7. The lowest BCUT2D eigenvalue weighted by Gasteiger charge is -2.26. The maximum atomic E-state index is 12.1. The van der Waals surface area contributed by atoms with Crippen molar-refractivity contribution in [1.29, 1.82) is 0 Å². The number of aromatic amines is 1. The lowest BCUT2D eigenvalue weighted by Crippen LogP contribution is -2.34. The number of aromatic nitrogens is 2. The van der Waals surface area contributed by atoms with Gasteiger partial charge in [-0.05, 0) is 24.3 Å². The van der Waals surface area contributed by atoms with Crippen LogP contribution in [0.3, 0.4) is 0 Å². The van der Waals surface area contributed by atoms with Crippen LogP contribution in [0.25, 0.3) is 11.0 Å². The molecule has 4 rings (SSSR count). The Bertz CT molecular complexity index is 857. The quantitative estimate of drug-likeness (QED) is 0.750. The Hall–Kier alpha value is -3.02. The summed E-state index contributed by atoms with van der Waals surface area (Å²) in [5.41, 5.74) is 1.81. The van der Waals surface area contributed by atoms with Crippen LogP contribution in [0, 0.1) is 0 Å². The SMILES string of the molecule is O=C(Cc1nc2ccccc2[nH]1)NCC[C@@H]1COc2ccccc2O1. The van der Waals surface area contributed by atoms with Gasteiger partial charge in [-0.25, -0.2) is 4.98 Å². The number of hydrogen-bond donors (Lipinski definition) is 2. The number of benzene rings is 2. The molecule has 3 aromatic rings. The van der Waals surface area contributed by atoms with Gasteiger partial charge < -0.3 is 19.8 Å². The van der Waals surface area contributed by atoms with E-state index in [1.165, 1.54) is 0 Å². The lowest BCUT2D eigenvalue weighted by molar-refractivity contribution is -0.120. The lowest BCUT2D eigenvalue weighted by atomic mass is 10.2. The van der Waals surface area contributed by atoms with Crippen molar-refractivity contribution in [2.75, 3.05) is 13.2 Å². The first kappa shape index (κ1) is 15.5. The highest BCUT2D eigenvalue weighted by Gasteiger charge is 2.20. The Kier molecular flexibility index (Phi) is 4.24. The summed E-state index contributed by atoms with van der Waals surface area (Å²) in [5, 5.41) is 2.91. The molecule has 2 N–H and O–H groups in total. The van der Waals surface area contributed by atoms with Crippen molar-refractivity contribution >= 4 is 16.9 Å². The maximum Gasteiger partial charge on any atom is 0.227 e. The zero-order valence-corrected chi connectivity index (χ0v) is 13.7. The van der Waals surface area contributed by atoms with E-state index in [2.05, 4.69) is 15.3 Å². The highest BCUT2D eigenvalue weighted by atomic mass is 16.6. The molecule has 1 aliphatic heterocycles. The van der Waals surface area contributed by atoms with Gasteiger partial charge in [0.05, 0.1) is 17.5 Å². The molecule has 1 amide bonds. The summed E-state index contributed by atoms with van der Waals surface area (Å²) in [6.07, 6.45) is 0.876. The fraction of sp³-hybridized carbons (Fsp3) is 0.263. The Morgan fingerprint density at radius 3 is 2.84 bits per heavy atom. The average molecular weight is 337 g/mol. The summed E-state index contributed by atoms with van der Waals surface area (Å²) in [6, 6.07) is 15.3. The molecule has 0 fully saturated rings. The van der Waals surface area contributed by atoms with Crippen molar-refractivity contribution in [3.8, 4) is 11.5 Å². The second-order valence-electron chi connectivity index (χ2n) is 6.01. The molecular formula is C19H19N3O3. The summed E-state index contributed by atoms with van der Waals surface area (Å²) in [6.45, 7) is 1.03. The van der Waals surface area contributed by atoms with Crippen molar-refractivity contribution in [3.05, 3.63) is 54.4 Å². The number of fused-ring (bicyclic) bond motifs is 2. The number of hydrogen-bond acceptors (Lipinski definition) is 4. The molecule has 0 unspecified atom stereocenters. The largest absolute Gasteiger partial charge is 0.486 e. The number of nitrogens with one attached hydrogen (secondary N) is 2. The zero-order chi connectivity index (χ0) is 17.1. The van der Waals surface area contributed by atoms with Gasteiger partial charge in [-0.15, -0.1) is 0 Å². The molecule has 6 nitrogen and oxygen atoms in total. The molecule has 128 valence electrons. The third kappa shape index (κ3) is 3.57. The van der Waals surface area contributed by atoms with Crippen molar-refractivity contribution in [2.24, 2.45) is 0 Å². The molecule has 2 heterocycles. The fourth-order valence-electron chi connectivity index (χ4n) is 2.88. The highest BCUT2D eigenvalue weighted by molar-refractivity contribution is 5.80. The van der Waals surface area contributed by atoms with E-state index in [1.807, 2.05) is 48.5 Å². The average Bonchev–Trinajstić information content (AvgIpc) is 3.03. The van der Waals surface area contributed by atoms with Crippen LogP contribution in [0.15, 0.2) is 48.5 Å². The summed E-state index contributed by atoms with van der Waals surface area (Å²) < 4.78 is 11.5. The van der Waals surface area contributed by atoms with Crippen LogP contribution in [0.5, 0.6) is 11.5 Å². The first-order chi connectivity index (χ1) is 12.3. The Labute approximate surface area is 145 Å². The monoisotopic (exact) mass is 337 g/mol. The van der Waals surface area contributed by atoms with Gasteiger partial charge in [0.15, 0.2) is 11.5 Å². The van der Waals surface area contributed by atoms with Crippen LogP contribution in [0.2, 0.25) is 0 Å². The molecule has 0 saturated heterocycles. The Morgan fingerprint density at radius 1 is 1.16 bits per heavy atom. The molecule has 1 aromatic heterocycles. The van der Waals surface area contributed by atoms with E-state index < -0.39 is 0 Å². The third-order valence-corrected chi connectivity index (χ3v) is 4.12. The highest BCUT2D eigenvalue weighted by Crippen LogP contribution is 2.31. The van der Waals surface area contributed by atoms with Crippen molar-refractivity contribution in [2.45, 2.75) is 18.9 Å². The smallest absolute Gasteiger partial charge is 0.227 e. The predicted molar refractivity (Wildman–Crippen MR) is 93.8 cm³/mol. The van der Waals surface area contributed by atoms with E-state index in [4.69, 9.17) is 9.47 Å². The number of para-hydroxylation sites is 4. The number of carbonyl (C=O) groups is 1. The number of imidazole rings is 1. The second-order valence-corrected chi connectivity index (χ2v) is 6.01.